The minimum atomic E-state index is -4.43. The summed E-state index contributed by atoms with van der Waals surface area (Å²) in [5, 5.41) is 3.17. The largest absolute Gasteiger partial charge is 0.495 e. The zero-order valence-electron chi connectivity index (χ0n) is 26.8. The molecule has 0 aliphatic rings. The van der Waals surface area contributed by atoms with Crippen molar-refractivity contribution in [2.45, 2.75) is 51.6 Å². The summed E-state index contributed by atoms with van der Waals surface area (Å²) < 4.78 is 45.9. The maximum atomic E-state index is 14.4. The lowest BCUT2D eigenvalue weighted by atomic mass is 10.1. The summed E-state index contributed by atoms with van der Waals surface area (Å²) in [4.78, 5) is 29.1. The highest BCUT2D eigenvalue weighted by Gasteiger charge is 2.35. The smallest absolute Gasteiger partial charge is 0.265 e. The number of sulfonamides is 1. The Morgan fingerprint density at radius 2 is 1.56 bits per heavy atom. The number of nitrogens with one attached hydrogen (secondary N) is 1. The zero-order chi connectivity index (χ0) is 33.3. The number of methoxy groups -OCH3 is 3. The Kier molecular flexibility index (Phi) is 12.5. The van der Waals surface area contributed by atoms with Gasteiger partial charge in [-0.2, -0.15) is 0 Å². The fraction of sp³-hybridized carbons (Fsp3) is 0.394. The van der Waals surface area contributed by atoms with Crippen LogP contribution in [0.3, 0.4) is 0 Å². The van der Waals surface area contributed by atoms with Crippen molar-refractivity contribution >= 4 is 39.1 Å². The Morgan fingerprint density at radius 1 is 0.911 bits per heavy atom. The molecule has 3 aromatic carbocycles. The summed E-state index contributed by atoms with van der Waals surface area (Å²) in [5.41, 5.74) is 1.82. The second-order valence-electron chi connectivity index (χ2n) is 10.9. The summed E-state index contributed by atoms with van der Waals surface area (Å²) >= 11 is 6.34. The normalized spacial score (nSPS) is 11.9. The highest BCUT2D eigenvalue weighted by atomic mass is 35.5. The van der Waals surface area contributed by atoms with E-state index in [1.807, 2.05) is 52.0 Å². The Bertz CT molecular complexity index is 1600. The monoisotopic (exact) mass is 659 g/mol. The minimum absolute atomic E-state index is 0.0567. The molecule has 244 valence electrons. The average Bonchev–Trinajstić information content (AvgIpc) is 3.02. The maximum absolute atomic E-state index is 14.4. The molecule has 0 saturated carbocycles. The molecule has 45 heavy (non-hydrogen) atoms. The number of aryl methyl sites for hydroxylation is 1. The van der Waals surface area contributed by atoms with Gasteiger partial charge in [0.15, 0.2) is 11.5 Å². The van der Waals surface area contributed by atoms with Crippen molar-refractivity contribution < 1.29 is 32.2 Å². The van der Waals surface area contributed by atoms with E-state index in [0.717, 1.165) is 15.4 Å². The van der Waals surface area contributed by atoms with Gasteiger partial charge >= 0.3 is 0 Å². The molecule has 10 nitrogen and oxygen atoms in total. The lowest BCUT2D eigenvalue weighted by Crippen LogP contribution is -2.52. The number of hydrogen-bond acceptors (Lipinski definition) is 7. The number of halogens is 1. The highest BCUT2D eigenvalue weighted by Crippen LogP contribution is 2.37. The summed E-state index contributed by atoms with van der Waals surface area (Å²) in [6.07, 6.45) is 0.310. The molecule has 0 spiro atoms. The number of rotatable bonds is 15. The molecule has 2 amide bonds. The third kappa shape index (κ3) is 8.61. The van der Waals surface area contributed by atoms with Crippen LogP contribution in [0.25, 0.3) is 0 Å². The molecular weight excluding hydrogens is 618 g/mol. The van der Waals surface area contributed by atoms with Crippen LogP contribution in [0.15, 0.2) is 65.6 Å². The lowest BCUT2D eigenvalue weighted by Gasteiger charge is -2.34. The van der Waals surface area contributed by atoms with Gasteiger partial charge in [-0.3, -0.25) is 13.9 Å². The fourth-order valence-corrected chi connectivity index (χ4v) is 6.39. The van der Waals surface area contributed by atoms with Crippen molar-refractivity contribution in [1.29, 1.82) is 0 Å². The second kappa shape index (κ2) is 15.9. The number of ether oxygens (including phenoxy) is 3. The van der Waals surface area contributed by atoms with Crippen LogP contribution in [0.4, 0.5) is 5.69 Å². The van der Waals surface area contributed by atoms with Crippen molar-refractivity contribution in [3.63, 3.8) is 0 Å². The van der Waals surface area contributed by atoms with Crippen molar-refractivity contribution in [3.05, 3.63) is 76.8 Å². The Balaban J connectivity index is 2.17. The van der Waals surface area contributed by atoms with E-state index in [2.05, 4.69) is 5.32 Å². The van der Waals surface area contributed by atoms with Crippen LogP contribution in [0.5, 0.6) is 17.2 Å². The van der Waals surface area contributed by atoms with Crippen molar-refractivity contribution in [2.75, 3.05) is 38.7 Å². The second-order valence-corrected chi connectivity index (χ2v) is 13.2. The summed E-state index contributed by atoms with van der Waals surface area (Å²) in [6.45, 7) is 7.57. The van der Waals surface area contributed by atoms with Gasteiger partial charge in [-0.1, -0.05) is 56.6 Å². The van der Waals surface area contributed by atoms with E-state index in [1.165, 1.54) is 56.6 Å². The van der Waals surface area contributed by atoms with Gasteiger partial charge in [0.2, 0.25) is 11.8 Å². The molecule has 1 unspecified atom stereocenters. The minimum Gasteiger partial charge on any atom is -0.495 e. The third-order valence-electron chi connectivity index (χ3n) is 7.30. The molecule has 3 rings (SSSR count). The molecule has 0 bridgehead atoms. The van der Waals surface area contributed by atoms with Gasteiger partial charge in [0.05, 0.1) is 31.9 Å². The van der Waals surface area contributed by atoms with Crippen molar-refractivity contribution in [1.82, 2.24) is 10.2 Å². The molecule has 1 N–H and O–H groups in total. The Labute approximate surface area is 271 Å². The number of carbonyl (C=O) groups excluding carboxylic acids is 2. The van der Waals surface area contributed by atoms with E-state index in [9.17, 15) is 18.0 Å². The first-order valence-electron chi connectivity index (χ1n) is 14.6. The number of nitrogens with zero attached hydrogens (tertiary/aromatic N) is 2. The Morgan fingerprint density at radius 3 is 2.16 bits per heavy atom. The molecule has 1 atom stereocenters. The molecule has 12 heteroatoms. The molecule has 3 aromatic rings. The van der Waals surface area contributed by atoms with Gasteiger partial charge in [-0.15, -0.1) is 0 Å². The maximum Gasteiger partial charge on any atom is 0.265 e. The van der Waals surface area contributed by atoms with Crippen LogP contribution < -0.4 is 23.8 Å². The Hall–Kier alpha value is -3.96. The first kappa shape index (κ1) is 35.5. The van der Waals surface area contributed by atoms with E-state index in [1.54, 1.807) is 6.07 Å². The molecule has 0 fully saturated rings. The molecule has 0 heterocycles. The zero-order valence-corrected chi connectivity index (χ0v) is 28.4. The number of anilines is 1. The quantitative estimate of drug-likeness (QED) is 0.231. The van der Waals surface area contributed by atoms with Gasteiger partial charge in [0, 0.05) is 24.2 Å². The number of benzene rings is 3. The van der Waals surface area contributed by atoms with E-state index in [-0.39, 0.29) is 45.5 Å². The SMILES string of the molecule is CCC(C(=O)NCC(C)C)N(Cc1ccccc1C)C(=O)CN(c1cc(Cl)ccc1OC)S(=O)(=O)c1ccc(OC)c(OC)c1. The van der Waals surface area contributed by atoms with Gasteiger partial charge in [0.25, 0.3) is 10.0 Å². The predicted molar refractivity (Wildman–Crippen MR) is 176 cm³/mol. The van der Waals surface area contributed by atoms with Crippen LogP contribution in [0.1, 0.15) is 38.3 Å². The topological polar surface area (TPSA) is 114 Å². The number of carbonyl (C=O) groups is 2. The van der Waals surface area contributed by atoms with E-state index in [0.29, 0.717) is 18.7 Å². The van der Waals surface area contributed by atoms with Crippen molar-refractivity contribution in [2.24, 2.45) is 5.92 Å². The molecule has 0 saturated heterocycles. The van der Waals surface area contributed by atoms with Crippen molar-refractivity contribution in [3.8, 4) is 17.2 Å². The van der Waals surface area contributed by atoms with Crippen LogP contribution in [-0.2, 0) is 26.2 Å². The first-order chi connectivity index (χ1) is 21.4. The van der Waals surface area contributed by atoms with E-state index < -0.39 is 28.5 Å². The van der Waals surface area contributed by atoms with Gasteiger partial charge in [0.1, 0.15) is 18.3 Å². The molecule has 0 radical (unpaired) electrons. The molecule has 0 aliphatic carbocycles. The molecule has 0 aromatic heterocycles. The van der Waals surface area contributed by atoms with Crippen LogP contribution in [-0.4, -0.2) is 65.6 Å². The molecular formula is C33H42ClN3O7S. The average molecular weight is 660 g/mol. The summed E-state index contributed by atoms with van der Waals surface area (Å²) in [6, 6.07) is 15.4. The summed E-state index contributed by atoms with van der Waals surface area (Å²) in [7, 11) is -0.199. The fourth-order valence-electron chi connectivity index (χ4n) is 4.79. The number of amides is 2. The highest BCUT2D eigenvalue weighted by molar-refractivity contribution is 7.92. The van der Waals surface area contributed by atoms with Crippen LogP contribution >= 0.6 is 11.6 Å². The number of hydrogen-bond donors (Lipinski definition) is 1. The van der Waals surface area contributed by atoms with Crippen LogP contribution in [0.2, 0.25) is 5.02 Å². The van der Waals surface area contributed by atoms with Gasteiger partial charge in [-0.25, -0.2) is 8.42 Å². The first-order valence-corrected chi connectivity index (χ1v) is 16.4. The lowest BCUT2D eigenvalue weighted by molar-refractivity contribution is -0.140. The predicted octanol–water partition coefficient (Wildman–Crippen LogP) is 5.45. The van der Waals surface area contributed by atoms with E-state index >= 15 is 0 Å². The summed E-state index contributed by atoms with van der Waals surface area (Å²) in [5.74, 6) is 0.00504. The molecule has 0 aliphatic heterocycles. The van der Waals surface area contributed by atoms with E-state index in [4.69, 9.17) is 25.8 Å². The standard InChI is InChI=1S/C33H42ClN3O7S/c1-8-27(33(39)35-19-22(2)3)36(20-24-12-10-9-11-23(24)4)32(38)21-37(28-17-25(34)13-15-29(28)42-5)45(40,41)26-14-16-30(43-6)31(18-26)44-7/h9-18,22,27H,8,19-21H2,1-7H3,(H,35,39). The van der Waals surface area contributed by atoms with Gasteiger partial charge in [-0.05, 0) is 60.7 Å². The van der Waals surface area contributed by atoms with Crippen LogP contribution in [0, 0.1) is 12.8 Å². The third-order valence-corrected chi connectivity index (χ3v) is 9.29. The van der Waals surface area contributed by atoms with Gasteiger partial charge < -0.3 is 24.4 Å².